The Hall–Kier alpha value is -1.64. The van der Waals surface area contributed by atoms with Crippen molar-refractivity contribution in [1.29, 1.82) is 0 Å². The van der Waals surface area contributed by atoms with Crippen LogP contribution in [0, 0.1) is 0 Å². The van der Waals surface area contributed by atoms with Crippen molar-refractivity contribution < 1.29 is 10.1 Å². The molecule has 1 N–H and O–H groups in total. The smallest absolute Gasteiger partial charge is 0.0871 e. The second-order valence-electron chi connectivity index (χ2n) is 4.87. The zero-order valence-corrected chi connectivity index (χ0v) is 12.9. The van der Waals surface area contributed by atoms with Crippen LogP contribution in [-0.4, -0.2) is 11.4 Å². The molecule has 0 aliphatic carbocycles. The van der Waals surface area contributed by atoms with Crippen molar-refractivity contribution in [3.63, 3.8) is 0 Å². The molecule has 0 aromatic heterocycles. The van der Waals surface area contributed by atoms with E-state index in [-0.39, 0.29) is 6.10 Å². The fraction of sp³-hybridized carbons (Fsp3) is 0.333. The first kappa shape index (κ1) is 18.4. The molecule has 2 nitrogen and oxygen atoms in total. The van der Waals surface area contributed by atoms with Crippen molar-refractivity contribution in [3.05, 3.63) is 72.3 Å². The summed E-state index contributed by atoms with van der Waals surface area (Å²) in [7, 11) is 0. The third kappa shape index (κ3) is 11.5. The van der Waals surface area contributed by atoms with E-state index in [0.29, 0.717) is 5.92 Å². The topological polar surface area (TPSA) is 29.5 Å². The molecule has 2 aromatic carbocycles. The molecule has 0 fully saturated rings. The summed E-state index contributed by atoms with van der Waals surface area (Å²) in [6, 6.07) is 22.5. The Morgan fingerprint density at radius 1 is 0.700 bits per heavy atom. The van der Waals surface area contributed by atoms with Crippen molar-refractivity contribution in [2.45, 2.75) is 39.7 Å². The molecule has 0 saturated carbocycles. The molecule has 0 unspecified atom stereocenters. The van der Waals surface area contributed by atoms with Gasteiger partial charge in [0.15, 0.2) is 0 Å². The third-order valence-corrected chi connectivity index (χ3v) is 2.34. The summed E-state index contributed by atoms with van der Waals surface area (Å²) in [5, 5.41) is 7.64. The zero-order chi connectivity index (χ0) is 15.2. The van der Waals surface area contributed by atoms with Crippen LogP contribution in [0.4, 0.5) is 0 Å². The van der Waals surface area contributed by atoms with Gasteiger partial charge in [-0.1, -0.05) is 80.6 Å². The van der Waals surface area contributed by atoms with Gasteiger partial charge in [0.05, 0.1) is 6.10 Å². The van der Waals surface area contributed by atoms with E-state index >= 15 is 0 Å². The van der Waals surface area contributed by atoms with Crippen LogP contribution in [0.5, 0.6) is 0 Å². The molecule has 110 valence electrons. The maximum atomic E-state index is 7.64. The summed E-state index contributed by atoms with van der Waals surface area (Å²) in [6.07, 6.45) is -0.0602. The quantitative estimate of drug-likeness (QED) is 0.588. The van der Waals surface area contributed by atoms with E-state index in [2.05, 4.69) is 43.0 Å². The summed E-state index contributed by atoms with van der Waals surface area (Å²) in [5.41, 5.74) is 1.41. The molecule has 0 saturated heterocycles. The Kier molecular flexibility index (Phi) is 11.4. The molecular formula is C18H26O2. The minimum absolute atomic E-state index is 0.0602. The van der Waals surface area contributed by atoms with E-state index in [0.717, 1.165) is 0 Å². The van der Waals surface area contributed by atoms with Gasteiger partial charge in [-0.3, -0.25) is 5.26 Å². The monoisotopic (exact) mass is 274 g/mol. The van der Waals surface area contributed by atoms with Gasteiger partial charge in [-0.25, -0.2) is 4.89 Å². The van der Waals surface area contributed by atoms with Gasteiger partial charge in [0.2, 0.25) is 0 Å². The highest BCUT2D eigenvalue weighted by molar-refractivity contribution is 5.17. The highest BCUT2D eigenvalue weighted by atomic mass is 17.1. The van der Waals surface area contributed by atoms with Gasteiger partial charge in [0, 0.05) is 0 Å². The predicted octanol–water partition coefficient (Wildman–Crippen LogP) is 5.38. The van der Waals surface area contributed by atoms with Crippen LogP contribution in [0.1, 0.15) is 39.2 Å². The first-order valence-electron chi connectivity index (χ1n) is 6.93. The molecule has 0 radical (unpaired) electrons. The molecule has 2 rings (SSSR count). The summed E-state index contributed by atoms with van der Waals surface area (Å²) in [6.45, 7) is 7.91. The number of hydrogen-bond donors (Lipinski definition) is 1. The third-order valence-electron chi connectivity index (χ3n) is 2.34. The SMILES string of the molecule is CC(C)OO.CC(C)c1ccccc1.c1ccccc1. The van der Waals surface area contributed by atoms with E-state index < -0.39 is 0 Å². The fourth-order valence-electron chi connectivity index (χ4n) is 1.22. The van der Waals surface area contributed by atoms with E-state index in [4.69, 9.17) is 5.26 Å². The Balaban J connectivity index is 0.000000288. The van der Waals surface area contributed by atoms with Crippen LogP contribution in [0.15, 0.2) is 66.7 Å². The molecular weight excluding hydrogens is 248 g/mol. The summed E-state index contributed by atoms with van der Waals surface area (Å²) in [4.78, 5) is 3.75. The lowest BCUT2D eigenvalue weighted by molar-refractivity contribution is -0.269. The average molecular weight is 274 g/mol. The minimum Gasteiger partial charge on any atom is -0.252 e. The summed E-state index contributed by atoms with van der Waals surface area (Å²) in [5.74, 6) is 0.659. The standard InChI is InChI=1S/C9H12.C6H6.C3H8O2/c1-8(2)9-6-4-3-5-7-9;1-2-4-6-5-3-1;1-3(2)5-4/h3-8H,1-2H3;1-6H;3-4H,1-2H3. The minimum atomic E-state index is -0.0602. The van der Waals surface area contributed by atoms with Gasteiger partial charge in [-0.05, 0) is 25.3 Å². The van der Waals surface area contributed by atoms with E-state index in [1.165, 1.54) is 5.56 Å². The molecule has 2 aromatic rings. The lowest BCUT2D eigenvalue weighted by Crippen LogP contribution is -1.95. The maximum absolute atomic E-state index is 7.64. The van der Waals surface area contributed by atoms with Crippen molar-refractivity contribution in [1.82, 2.24) is 0 Å². The van der Waals surface area contributed by atoms with Gasteiger partial charge in [-0.15, -0.1) is 0 Å². The largest absolute Gasteiger partial charge is 0.252 e. The Morgan fingerprint density at radius 2 is 1.00 bits per heavy atom. The molecule has 0 amide bonds. The second kappa shape index (κ2) is 12.4. The van der Waals surface area contributed by atoms with E-state index in [1.807, 2.05) is 42.5 Å². The summed E-state index contributed by atoms with van der Waals surface area (Å²) >= 11 is 0. The van der Waals surface area contributed by atoms with E-state index in [1.54, 1.807) is 13.8 Å². The molecule has 0 aliphatic rings. The highest BCUT2D eigenvalue weighted by Gasteiger charge is 1.93. The molecule has 0 aliphatic heterocycles. The van der Waals surface area contributed by atoms with Gasteiger partial charge in [0.1, 0.15) is 0 Å². The molecule has 20 heavy (non-hydrogen) atoms. The first-order chi connectivity index (χ1) is 9.57. The molecule has 0 atom stereocenters. The molecule has 0 bridgehead atoms. The average Bonchev–Trinajstić information content (AvgIpc) is 2.51. The van der Waals surface area contributed by atoms with Crippen molar-refractivity contribution in [2.75, 3.05) is 0 Å². The second-order valence-corrected chi connectivity index (χ2v) is 4.87. The Morgan fingerprint density at radius 3 is 1.20 bits per heavy atom. The number of benzene rings is 2. The Labute approximate surface area is 123 Å². The van der Waals surface area contributed by atoms with Gasteiger partial charge in [-0.2, -0.15) is 0 Å². The normalized spacial score (nSPS) is 9.35. The molecule has 0 spiro atoms. The fourth-order valence-corrected chi connectivity index (χ4v) is 1.22. The van der Waals surface area contributed by atoms with Crippen molar-refractivity contribution in [3.8, 4) is 0 Å². The van der Waals surface area contributed by atoms with Gasteiger partial charge < -0.3 is 0 Å². The predicted molar refractivity (Wildman–Crippen MR) is 85.8 cm³/mol. The number of hydrogen-bond acceptors (Lipinski definition) is 2. The lowest BCUT2D eigenvalue weighted by Gasteiger charge is -2.01. The lowest BCUT2D eigenvalue weighted by atomic mass is 10.0. The van der Waals surface area contributed by atoms with Crippen LogP contribution >= 0.6 is 0 Å². The summed E-state index contributed by atoms with van der Waals surface area (Å²) < 4.78 is 0. The van der Waals surface area contributed by atoms with Crippen molar-refractivity contribution in [2.24, 2.45) is 0 Å². The molecule has 0 heterocycles. The Bertz CT molecular complexity index is 370. The van der Waals surface area contributed by atoms with Crippen LogP contribution in [0.2, 0.25) is 0 Å². The number of rotatable bonds is 2. The highest BCUT2D eigenvalue weighted by Crippen LogP contribution is 2.11. The van der Waals surface area contributed by atoms with E-state index in [9.17, 15) is 0 Å². The zero-order valence-electron chi connectivity index (χ0n) is 12.9. The van der Waals surface area contributed by atoms with Crippen LogP contribution < -0.4 is 0 Å². The van der Waals surface area contributed by atoms with Crippen LogP contribution in [0.3, 0.4) is 0 Å². The maximum Gasteiger partial charge on any atom is 0.0871 e. The first-order valence-corrected chi connectivity index (χ1v) is 6.93. The molecule has 2 heteroatoms. The van der Waals surface area contributed by atoms with Crippen LogP contribution in [-0.2, 0) is 4.89 Å². The van der Waals surface area contributed by atoms with Gasteiger partial charge >= 0.3 is 0 Å². The van der Waals surface area contributed by atoms with Crippen LogP contribution in [0.25, 0.3) is 0 Å². The van der Waals surface area contributed by atoms with Crippen molar-refractivity contribution >= 4 is 0 Å². The van der Waals surface area contributed by atoms with Gasteiger partial charge in [0.25, 0.3) is 0 Å².